The molecule has 6 nitrogen and oxygen atoms in total. The van der Waals surface area contributed by atoms with E-state index in [2.05, 4.69) is 234 Å². The average molecular weight is 1060 g/mol. The lowest BCUT2D eigenvalue weighted by Crippen LogP contribution is -2.37. The molecule has 0 unspecified atom stereocenters. The molecular weight excluding hydrogens is 997 g/mol. The smallest absolute Gasteiger partial charge is 0.159 e. The number of aryl methyl sites for hydroxylation is 3. The van der Waals surface area contributed by atoms with Gasteiger partial charge in [0.25, 0.3) is 0 Å². The summed E-state index contributed by atoms with van der Waals surface area (Å²) < 4.78 is 13.2. The molecule has 0 atom stereocenters. The van der Waals surface area contributed by atoms with Crippen molar-refractivity contribution < 1.29 is 8.83 Å². The van der Waals surface area contributed by atoms with E-state index in [1.807, 2.05) is 30.5 Å². The minimum Gasteiger partial charge on any atom is -0.462 e. The SMILES string of the molecule is Cc1ccc(N(c2ccc([Si](C)(C)C)cc2)c2cccc3c(CC/C=C/C#N)coc23)cc1-c1cc2c3cc(-c4cc([Si](C)(C)C)ccc4N(C)c4cccc5c4oc4c(C#N)cccc45)ccc3c3ccccc3c2cc1C. The molecule has 79 heavy (non-hydrogen) atoms. The molecule has 0 amide bonds. The van der Waals surface area contributed by atoms with Crippen LogP contribution in [0.25, 0.3) is 87.5 Å². The van der Waals surface area contributed by atoms with Crippen molar-refractivity contribution in [1.29, 1.82) is 10.5 Å². The number of nitrogens with zero attached hydrogens (tertiary/aromatic N) is 4. The maximum Gasteiger partial charge on any atom is 0.159 e. The minimum atomic E-state index is -1.77. The van der Waals surface area contributed by atoms with Crippen molar-refractivity contribution in [1.82, 2.24) is 0 Å². The first-order chi connectivity index (χ1) is 38.1. The number of furan rings is 2. The molecule has 2 aromatic heterocycles. The average Bonchev–Trinajstić information content (AvgIpc) is 4.23. The van der Waals surface area contributed by atoms with Gasteiger partial charge in [-0.3, -0.25) is 0 Å². The first-order valence-electron chi connectivity index (χ1n) is 27.3. The molecule has 12 aromatic rings. The number of benzene rings is 10. The summed E-state index contributed by atoms with van der Waals surface area (Å²) in [5.41, 5.74) is 16.0. The van der Waals surface area contributed by atoms with E-state index in [1.54, 1.807) is 6.08 Å². The van der Waals surface area contributed by atoms with Gasteiger partial charge in [0.1, 0.15) is 6.07 Å². The lowest BCUT2D eigenvalue weighted by molar-refractivity contribution is 0.610. The molecule has 2 heterocycles. The quantitative estimate of drug-likeness (QED) is 0.0689. The van der Waals surface area contributed by atoms with Crippen LogP contribution in [-0.2, 0) is 6.42 Å². The van der Waals surface area contributed by atoms with Crippen LogP contribution in [0, 0.1) is 36.5 Å². The molecule has 0 N–H and O–H groups in total. The van der Waals surface area contributed by atoms with Crippen LogP contribution in [0.5, 0.6) is 0 Å². The van der Waals surface area contributed by atoms with Crippen molar-refractivity contribution in [3.05, 3.63) is 211 Å². The molecule has 10 aromatic carbocycles. The Morgan fingerprint density at radius 1 is 0.494 bits per heavy atom. The highest BCUT2D eigenvalue weighted by atomic mass is 28.3. The summed E-state index contributed by atoms with van der Waals surface area (Å²) in [5.74, 6) is 0. The van der Waals surface area contributed by atoms with Gasteiger partial charge in [-0.1, -0.05) is 165 Å². The summed E-state index contributed by atoms with van der Waals surface area (Å²) in [5, 5.41) is 32.3. The van der Waals surface area contributed by atoms with Crippen LogP contribution >= 0.6 is 0 Å². The van der Waals surface area contributed by atoms with E-state index in [9.17, 15) is 5.26 Å². The second kappa shape index (κ2) is 19.8. The molecule has 0 saturated heterocycles. The summed E-state index contributed by atoms with van der Waals surface area (Å²) in [7, 11) is -1.23. The highest BCUT2D eigenvalue weighted by molar-refractivity contribution is 6.89. The molecule has 0 aliphatic heterocycles. The predicted octanol–water partition coefficient (Wildman–Crippen LogP) is 19.0. The van der Waals surface area contributed by atoms with E-state index in [0.29, 0.717) is 11.1 Å². The van der Waals surface area contributed by atoms with Crippen LogP contribution in [0.2, 0.25) is 39.3 Å². The zero-order chi connectivity index (χ0) is 54.9. The summed E-state index contributed by atoms with van der Waals surface area (Å²) in [6, 6.07) is 66.8. The lowest BCUT2D eigenvalue weighted by atomic mass is 9.87. The van der Waals surface area contributed by atoms with Gasteiger partial charge in [0.15, 0.2) is 16.7 Å². The summed E-state index contributed by atoms with van der Waals surface area (Å²) >= 11 is 0. The highest BCUT2D eigenvalue weighted by Gasteiger charge is 2.26. The number of para-hydroxylation sites is 3. The maximum atomic E-state index is 10.0. The van der Waals surface area contributed by atoms with Gasteiger partial charge in [-0.05, 0) is 153 Å². The molecule has 0 fully saturated rings. The molecule has 386 valence electrons. The molecule has 0 bridgehead atoms. The minimum absolute atomic E-state index is 0.528. The largest absolute Gasteiger partial charge is 0.462 e. The monoisotopic (exact) mass is 1060 g/mol. The third-order valence-corrected chi connectivity index (χ3v) is 20.2. The fraction of sp³-hybridized carbons (Fsp3) is 0.155. The lowest BCUT2D eigenvalue weighted by Gasteiger charge is -2.28. The number of anilines is 5. The molecule has 8 heteroatoms. The Bertz CT molecular complexity index is 4540. The van der Waals surface area contributed by atoms with Crippen LogP contribution < -0.4 is 20.2 Å². The van der Waals surface area contributed by atoms with Crippen LogP contribution in [0.3, 0.4) is 0 Å². The van der Waals surface area contributed by atoms with Crippen LogP contribution in [0.15, 0.2) is 197 Å². The van der Waals surface area contributed by atoms with Gasteiger partial charge in [0.2, 0.25) is 0 Å². The summed E-state index contributed by atoms with van der Waals surface area (Å²) in [4.78, 5) is 4.61. The highest BCUT2D eigenvalue weighted by Crippen LogP contribution is 2.47. The van der Waals surface area contributed by atoms with Gasteiger partial charge < -0.3 is 18.6 Å². The normalized spacial score (nSPS) is 12.1. The maximum absolute atomic E-state index is 10.0. The first-order valence-corrected chi connectivity index (χ1v) is 34.3. The van der Waals surface area contributed by atoms with Gasteiger partial charge in [-0.25, -0.2) is 0 Å². The van der Waals surface area contributed by atoms with Crippen LogP contribution in [-0.4, -0.2) is 23.2 Å². The molecular formula is C71H62N4O2Si2. The molecule has 0 aliphatic rings. The van der Waals surface area contributed by atoms with E-state index >= 15 is 0 Å². The van der Waals surface area contributed by atoms with E-state index in [0.717, 1.165) is 85.3 Å². The molecule has 12 rings (SSSR count). The van der Waals surface area contributed by atoms with Gasteiger partial charge in [0, 0.05) is 51.9 Å². The van der Waals surface area contributed by atoms with E-state index in [-0.39, 0.29) is 0 Å². The molecule has 0 spiro atoms. The first kappa shape index (κ1) is 50.9. The van der Waals surface area contributed by atoms with Gasteiger partial charge >= 0.3 is 0 Å². The Labute approximate surface area is 464 Å². The fourth-order valence-corrected chi connectivity index (χ4v) is 14.1. The van der Waals surface area contributed by atoms with Crippen LogP contribution in [0.1, 0.15) is 28.7 Å². The van der Waals surface area contributed by atoms with Gasteiger partial charge in [-0.15, -0.1) is 0 Å². The van der Waals surface area contributed by atoms with Crippen molar-refractivity contribution >= 4 is 120 Å². The van der Waals surface area contributed by atoms with Gasteiger partial charge in [-0.2, -0.15) is 10.5 Å². The van der Waals surface area contributed by atoms with Crippen molar-refractivity contribution in [2.75, 3.05) is 16.8 Å². The summed E-state index contributed by atoms with van der Waals surface area (Å²) in [6.07, 6.45) is 6.89. The standard InChI is InChI=1S/C71H62N4O2Si2/c1-45-27-29-51(75(50-30-32-52(33-31-50)78(4,5)6)68-26-16-22-54-49(44-76-70(54)68)18-11-10-14-37-72)40-60(45)61-42-65-63(38-46(61)2)56-21-13-12-20-55(56)57-35-28-47(39-64(57)65)62-41-53(79(7,8)9)34-36-66(62)74(3)67-25-17-24-59-58-23-15-19-48(43-73)69(58)77-71(59)67/h10,12-17,19-36,38-42,44H,11,18H2,1-9H3/b14-10+. The fourth-order valence-electron chi connectivity index (χ4n) is 11.8. The van der Waals surface area contributed by atoms with Gasteiger partial charge in [0.05, 0.1) is 45.4 Å². The number of fused-ring (bicyclic) bond motifs is 10. The number of hydrogen-bond donors (Lipinski definition) is 0. The third kappa shape index (κ3) is 8.98. The number of rotatable bonds is 12. The van der Waals surface area contributed by atoms with E-state index < -0.39 is 16.1 Å². The van der Waals surface area contributed by atoms with Crippen molar-refractivity contribution in [3.8, 4) is 34.4 Å². The third-order valence-electron chi connectivity index (χ3n) is 16.1. The van der Waals surface area contributed by atoms with E-state index in [1.165, 1.54) is 64.9 Å². The van der Waals surface area contributed by atoms with Crippen molar-refractivity contribution in [3.63, 3.8) is 0 Å². The number of hydrogen-bond acceptors (Lipinski definition) is 6. The summed E-state index contributed by atoms with van der Waals surface area (Å²) in [6.45, 7) is 18.9. The zero-order valence-electron chi connectivity index (χ0n) is 46.4. The predicted molar refractivity (Wildman–Crippen MR) is 339 cm³/mol. The van der Waals surface area contributed by atoms with Crippen molar-refractivity contribution in [2.24, 2.45) is 0 Å². The Kier molecular flexibility index (Phi) is 12.8. The Balaban J connectivity index is 1.04. The van der Waals surface area contributed by atoms with Crippen LogP contribution in [0.4, 0.5) is 28.4 Å². The molecule has 0 radical (unpaired) electrons. The molecule has 0 saturated carbocycles. The second-order valence-corrected chi connectivity index (χ2v) is 33.4. The molecule has 0 aliphatic carbocycles. The van der Waals surface area contributed by atoms with Crippen molar-refractivity contribution in [2.45, 2.75) is 66.0 Å². The van der Waals surface area contributed by atoms with E-state index in [4.69, 9.17) is 14.1 Å². The number of nitriles is 2. The topological polar surface area (TPSA) is 80.3 Å². The Morgan fingerprint density at radius 2 is 1.11 bits per heavy atom. The zero-order valence-corrected chi connectivity index (χ0v) is 48.4. The Hall–Kier alpha value is -8.93. The Morgan fingerprint density at radius 3 is 1.85 bits per heavy atom. The number of allylic oxidation sites excluding steroid dienone is 2. The second-order valence-electron chi connectivity index (χ2n) is 23.2.